The molecule has 0 bridgehead atoms. The first-order valence-corrected chi connectivity index (χ1v) is 10.8. The van der Waals surface area contributed by atoms with Crippen LogP contribution in [0.1, 0.15) is 34.6 Å². The predicted molar refractivity (Wildman–Crippen MR) is 123 cm³/mol. The molecule has 0 radical (unpaired) electrons. The van der Waals surface area contributed by atoms with Gasteiger partial charge in [0.25, 0.3) is 0 Å². The van der Waals surface area contributed by atoms with E-state index in [1.54, 1.807) is 6.20 Å². The van der Waals surface area contributed by atoms with Crippen molar-refractivity contribution in [3.05, 3.63) is 114 Å². The molecule has 154 valence electrons. The lowest BCUT2D eigenvalue weighted by Gasteiger charge is -2.07. The summed E-state index contributed by atoms with van der Waals surface area (Å²) in [5.41, 5.74) is 4.69. The Morgan fingerprint density at radius 2 is 1.58 bits per heavy atom. The lowest BCUT2D eigenvalue weighted by atomic mass is 10.0. The van der Waals surface area contributed by atoms with Gasteiger partial charge in [0.2, 0.25) is 0 Å². The van der Waals surface area contributed by atoms with Gasteiger partial charge in [-0.25, -0.2) is 0 Å². The minimum atomic E-state index is 0.147. The number of fused-ring (bicyclic) bond motifs is 1. The number of Topliss-reactive ketones (excluding diaryl/α,β-unsaturated/α-hetero) is 1. The van der Waals surface area contributed by atoms with E-state index in [1.807, 2.05) is 42.6 Å². The summed E-state index contributed by atoms with van der Waals surface area (Å²) >= 11 is 0. The summed E-state index contributed by atoms with van der Waals surface area (Å²) in [7, 11) is 0. The van der Waals surface area contributed by atoms with Crippen LogP contribution >= 0.6 is 0 Å². The molecule has 0 unspecified atom stereocenters. The van der Waals surface area contributed by atoms with E-state index >= 15 is 0 Å². The zero-order chi connectivity index (χ0) is 21.0. The molecule has 3 heteroatoms. The average molecular weight is 408 g/mol. The molecule has 1 aromatic heterocycles. The Hall–Kier alpha value is -3.30. The van der Waals surface area contributed by atoms with Crippen LogP contribution in [0, 0.1) is 5.92 Å². The van der Waals surface area contributed by atoms with Crippen LogP contribution in [0.5, 0.6) is 0 Å². The molecule has 3 aromatic carbocycles. The lowest BCUT2D eigenvalue weighted by molar-refractivity contribution is -0.119. The van der Waals surface area contributed by atoms with Crippen LogP contribution < -0.4 is 0 Å². The summed E-state index contributed by atoms with van der Waals surface area (Å²) in [5, 5.41) is 2.24. The number of rotatable bonds is 8. The van der Waals surface area contributed by atoms with Gasteiger partial charge >= 0.3 is 0 Å². The Kier molecular flexibility index (Phi) is 5.59. The fourth-order valence-corrected chi connectivity index (χ4v) is 4.22. The number of pyridine rings is 1. The monoisotopic (exact) mass is 407 g/mol. The van der Waals surface area contributed by atoms with Gasteiger partial charge in [-0.05, 0) is 46.0 Å². The first-order valence-electron chi connectivity index (χ1n) is 10.8. The first kappa shape index (κ1) is 19.7. The number of hydrogen-bond acceptors (Lipinski definition) is 3. The van der Waals surface area contributed by atoms with Crippen LogP contribution in [0.25, 0.3) is 10.8 Å². The number of carbonyl (C=O) groups is 1. The molecule has 4 aromatic rings. The van der Waals surface area contributed by atoms with Crippen molar-refractivity contribution in [1.29, 1.82) is 0 Å². The van der Waals surface area contributed by atoms with E-state index in [4.69, 9.17) is 4.74 Å². The second kappa shape index (κ2) is 8.83. The average Bonchev–Trinajstić information content (AvgIpc) is 3.61. The van der Waals surface area contributed by atoms with Crippen molar-refractivity contribution in [2.75, 3.05) is 0 Å². The molecule has 31 heavy (non-hydrogen) atoms. The molecule has 1 aliphatic carbocycles. The van der Waals surface area contributed by atoms with E-state index in [0.29, 0.717) is 31.3 Å². The number of ketones is 1. The summed E-state index contributed by atoms with van der Waals surface area (Å²) in [6.07, 6.45) is 5.11. The standard InChI is InChI=1S/C28H25NO2/c30-28(15-22-8-11-25-17-29-13-12-24(25)14-22)27-16-26(27)23-9-6-21(7-10-23)19-31-18-20-4-2-1-3-5-20/h1-14,17,26-27H,15-16,18-19H2/t26-,27+/m0/s1. The quantitative estimate of drug-likeness (QED) is 0.367. The van der Waals surface area contributed by atoms with E-state index in [1.165, 1.54) is 11.1 Å². The zero-order valence-electron chi connectivity index (χ0n) is 17.4. The van der Waals surface area contributed by atoms with Gasteiger partial charge in [-0.3, -0.25) is 9.78 Å². The number of ether oxygens (including phenoxy) is 1. The number of hydrogen-bond donors (Lipinski definition) is 0. The molecule has 0 saturated heterocycles. The third-order valence-corrected chi connectivity index (χ3v) is 6.08. The van der Waals surface area contributed by atoms with Crippen molar-refractivity contribution in [2.24, 2.45) is 5.92 Å². The normalized spacial score (nSPS) is 17.5. The van der Waals surface area contributed by atoms with Gasteiger partial charge in [0.05, 0.1) is 13.2 Å². The molecule has 0 N–H and O–H groups in total. The summed E-state index contributed by atoms with van der Waals surface area (Å²) in [4.78, 5) is 17.0. The molecule has 1 aliphatic rings. The highest BCUT2D eigenvalue weighted by atomic mass is 16.5. The third kappa shape index (κ3) is 4.73. The molecule has 1 fully saturated rings. The molecule has 2 atom stereocenters. The van der Waals surface area contributed by atoms with E-state index in [9.17, 15) is 4.79 Å². The minimum Gasteiger partial charge on any atom is -0.372 e. The summed E-state index contributed by atoms with van der Waals surface area (Å²) in [5.74, 6) is 0.846. The van der Waals surface area contributed by atoms with E-state index in [0.717, 1.165) is 28.3 Å². The zero-order valence-corrected chi connectivity index (χ0v) is 17.4. The summed E-state index contributed by atoms with van der Waals surface area (Å²) in [6, 6.07) is 27.0. The van der Waals surface area contributed by atoms with Crippen molar-refractivity contribution >= 4 is 16.6 Å². The summed E-state index contributed by atoms with van der Waals surface area (Å²) < 4.78 is 5.82. The lowest BCUT2D eigenvalue weighted by Crippen LogP contribution is -2.06. The van der Waals surface area contributed by atoms with Crippen LogP contribution in [0.3, 0.4) is 0 Å². The number of aromatic nitrogens is 1. The fraction of sp³-hybridized carbons (Fsp3) is 0.214. The Balaban J connectivity index is 1.14. The Morgan fingerprint density at radius 3 is 2.39 bits per heavy atom. The van der Waals surface area contributed by atoms with Gasteiger partial charge in [0, 0.05) is 30.1 Å². The molecule has 0 amide bonds. The maximum atomic E-state index is 12.8. The minimum absolute atomic E-state index is 0.147. The molecule has 3 nitrogen and oxygen atoms in total. The number of nitrogens with zero attached hydrogens (tertiary/aromatic N) is 1. The van der Waals surface area contributed by atoms with Gasteiger partial charge in [0.15, 0.2) is 0 Å². The number of carbonyl (C=O) groups excluding carboxylic acids is 1. The molecule has 5 rings (SSSR count). The van der Waals surface area contributed by atoms with E-state index in [-0.39, 0.29) is 5.92 Å². The van der Waals surface area contributed by atoms with Crippen LogP contribution in [-0.2, 0) is 29.2 Å². The van der Waals surface area contributed by atoms with Gasteiger partial charge in [-0.2, -0.15) is 0 Å². The van der Waals surface area contributed by atoms with E-state index < -0.39 is 0 Å². The molecule has 1 heterocycles. The maximum absolute atomic E-state index is 12.8. The van der Waals surface area contributed by atoms with Gasteiger partial charge in [-0.15, -0.1) is 0 Å². The predicted octanol–water partition coefficient (Wildman–Crippen LogP) is 5.87. The van der Waals surface area contributed by atoms with Crippen LogP contribution in [0.15, 0.2) is 91.3 Å². The second-order valence-corrected chi connectivity index (χ2v) is 8.37. The molecular weight excluding hydrogens is 382 g/mol. The van der Waals surface area contributed by atoms with Crippen LogP contribution in [0.4, 0.5) is 0 Å². The van der Waals surface area contributed by atoms with E-state index in [2.05, 4.69) is 47.4 Å². The molecule has 0 spiro atoms. The highest BCUT2D eigenvalue weighted by Crippen LogP contribution is 2.48. The van der Waals surface area contributed by atoms with Gasteiger partial charge in [-0.1, -0.05) is 72.8 Å². The maximum Gasteiger partial charge on any atom is 0.140 e. The Labute approximate surface area is 182 Å². The Bertz CT molecular complexity index is 1180. The van der Waals surface area contributed by atoms with Crippen molar-refractivity contribution < 1.29 is 9.53 Å². The van der Waals surface area contributed by atoms with Gasteiger partial charge in [0.1, 0.15) is 5.78 Å². The second-order valence-electron chi connectivity index (χ2n) is 8.37. The smallest absolute Gasteiger partial charge is 0.140 e. The SMILES string of the molecule is O=C(Cc1ccc2cnccc2c1)[C@@H]1C[C@H]1c1ccc(COCc2ccccc2)cc1. The van der Waals surface area contributed by atoms with Crippen molar-refractivity contribution in [3.63, 3.8) is 0 Å². The molecular formula is C28H25NO2. The molecule has 0 aliphatic heterocycles. The largest absolute Gasteiger partial charge is 0.372 e. The van der Waals surface area contributed by atoms with Crippen LogP contribution in [0.2, 0.25) is 0 Å². The number of benzene rings is 3. The topological polar surface area (TPSA) is 39.2 Å². The van der Waals surface area contributed by atoms with Crippen molar-refractivity contribution in [3.8, 4) is 0 Å². The van der Waals surface area contributed by atoms with Gasteiger partial charge < -0.3 is 4.74 Å². The first-order chi connectivity index (χ1) is 15.3. The fourth-order valence-electron chi connectivity index (χ4n) is 4.22. The Morgan fingerprint density at radius 1 is 0.839 bits per heavy atom. The van der Waals surface area contributed by atoms with Crippen molar-refractivity contribution in [2.45, 2.75) is 32.0 Å². The molecule has 1 saturated carbocycles. The highest BCUT2D eigenvalue weighted by Gasteiger charge is 2.43. The highest BCUT2D eigenvalue weighted by molar-refractivity contribution is 5.89. The third-order valence-electron chi connectivity index (χ3n) is 6.08. The van der Waals surface area contributed by atoms with Crippen molar-refractivity contribution in [1.82, 2.24) is 4.98 Å². The summed E-state index contributed by atoms with van der Waals surface area (Å²) in [6.45, 7) is 1.22. The van der Waals surface area contributed by atoms with Crippen LogP contribution in [-0.4, -0.2) is 10.8 Å².